The zero-order valence-electron chi connectivity index (χ0n) is 41.8. The molecule has 1 spiro atoms. The van der Waals surface area contributed by atoms with E-state index in [9.17, 15) is 19.2 Å². The molecule has 5 amide bonds. The fourth-order valence-electron chi connectivity index (χ4n) is 12.9. The van der Waals surface area contributed by atoms with Crippen LogP contribution in [0.3, 0.4) is 0 Å². The summed E-state index contributed by atoms with van der Waals surface area (Å²) in [5.74, 6) is -0.0675. The lowest BCUT2D eigenvalue weighted by molar-refractivity contribution is -0.152. The number of halogens is 1. The molecular weight excluding hydrogens is 926 g/mol. The number of anilines is 4. The van der Waals surface area contributed by atoms with Gasteiger partial charge in [-0.2, -0.15) is 0 Å². The maximum absolute atomic E-state index is 15.2. The molecule has 73 heavy (non-hydrogen) atoms. The highest BCUT2D eigenvalue weighted by Crippen LogP contribution is 2.52. The summed E-state index contributed by atoms with van der Waals surface area (Å²) >= 11 is 0. The number of carbonyl (C=O) groups is 5. The Labute approximate surface area is 424 Å². The average Bonchev–Trinajstić information content (AvgIpc) is 3.91. The van der Waals surface area contributed by atoms with E-state index < -0.39 is 5.41 Å². The summed E-state index contributed by atoms with van der Waals surface area (Å²) in [6.45, 7) is 9.50. The molecule has 0 radical (unpaired) electrons. The van der Waals surface area contributed by atoms with Gasteiger partial charge in [-0.15, -0.1) is 0 Å². The molecular formula is C56H64FN11O5. The van der Waals surface area contributed by atoms with Crippen molar-refractivity contribution in [2.45, 2.75) is 114 Å². The lowest BCUT2D eigenvalue weighted by Gasteiger charge is -2.48. The summed E-state index contributed by atoms with van der Waals surface area (Å²) in [7, 11) is 0. The van der Waals surface area contributed by atoms with E-state index in [1.807, 2.05) is 32.6 Å². The monoisotopic (exact) mass is 990 g/mol. The van der Waals surface area contributed by atoms with Crippen LogP contribution in [0.15, 0.2) is 73.2 Å². The van der Waals surface area contributed by atoms with Crippen LogP contribution in [-0.2, 0) is 29.4 Å². The molecule has 1 aliphatic carbocycles. The van der Waals surface area contributed by atoms with Gasteiger partial charge in [0.15, 0.2) is 5.82 Å². The number of para-hydroxylation sites is 1. The van der Waals surface area contributed by atoms with Crippen molar-refractivity contribution in [1.82, 2.24) is 39.5 Å². The number of fused-ring (bicyclic) bond motifs is 3. The van der Waals surface area contributed by atoms with E-state index in [0.717, 1.165) is 65.2 Å². The first-order valence-electron chi connectivity index (χ1n) is 26.7. The Bertz CT molecular complexity index is 2980. The maximum Gasteiger partial charge on any atom is 0.238 e. The highest BCUT2D eigenvalue weighted by molar-refractivity contribution is 6.10. The molecule has 1 unspecified atom stereocenters. The third kappa shape index (κ3) is 8.50. The SMILES string of the molecule is CC(C)n1cnc2cc(-c3ccc4c(c3)N(C3CC(N5CCCCC5)C3)C(=O)C43CCN(C(=O)C4CN(C(=O)C5CCN(c6ccc(C7CCC(=O)NC7=O)cn6)CC5)C4)CC3)nc(Nc3ccccc3F)c21. The van der Waals surface area contributed by atoms with E-state index in [2.05, 4.69) is 62.4 Å². The van der Waals surface area contributed by atoms with Crippen LogP contribution in [0.1, 0.15) is 108 Å². The zero-order chi connectivity index (χ0) is 50.1. The molecule has 17 heteroatoms. The van der Waals surface area contributed by atoms with Crippen LogP contribution in [0.4, 0.5) is 27.4 Å². The Hall–Kier alpha value is -6.75. The summed E-state index contributed by atoms with van der Waals surface area (Å²) in [5.41, 5.74) is 5.31. The Morgan fingerprint density at radius 2 is 1.56 bits per heavy atom. The highest BCUT2D eigenvalue weighted by atomic mass is 19.1. The summed E-state index contributed by atoms with van der Waals surface area (Å²) in [5, 5.41) is 5.69. The van der Waals surface area contributed by atoms with Crippen LogP contribution in [-0.4, -0.2) is 128 Å². The number of amides is 5. The number of benzene rings is 2. The Morgan fingerprint density at radius 3 is 2.27 bits per heavy atom. The van der Waals surface area contributed by atoms with E-state index in [1.54, 1.807) is 30.7 Å². The van der Waals surface area contributed by atoms with Crippen LogP contribution in [0.2, 0.25) is 0 Å². The average molecular weight is 990 g/mol. The Balaban J connectivity index is 0.721. The number of nitrogens with one attached hydrogen (secondary N) is 2. The smallest absolute Gasteiger partial charge is 0.238 e. The number of rotatable bonds is 10. The normalized spacial score (nSPS) is 23.7. The van der Waals surface area contributed by atoms with E-state index in [4.69, 9.17) is 9.97 Å². The van der Waals surface area contributed by atoms with Crippen molar-refractivity contribution < 1.29 is 28.4 Å². The van der Waals surface area contributed by atoms with Gasteiger partial charge in [0, 0.05) is 87.2 Å². The van der Waals surface area contributed by atoms with Crippen molar-refractivity contribution in [3.8, 4) is 11.3 Å². The standard InChI is InChI=1S/C56H64FN11O5/c1-34(2)67-33-59-46-29-45(61-51(50(46)67)60-44-9-5-4-8-43(44)57)36-10-13-42-47(26-36)68(40-27-39(28-40)63-20-6-3-7-21-63)55(73)56(42)18-24-65(25-19-56)54(72)38-31-66(32-38)53(71)35-16-22-64(23-17-35)48-14-11-37(30-58-48)41-12-15-49(69)62-52(41)70/h4-5,8-11,13-14,26,29-30,33-35,38-41H,3,6-7,12,15-25,27-28,31-32H2,1-2H3,(H,60,61)(H,62,69,70). The second-order valence-corrected chi connectivity index (χ2v) is 21.9. The minimum Gasteiger partial charge on any atom is -0.357 e. The van der Waals surface area contributed by atoms with Crippen molar-refractivity contribution in [1.29, 1.82) is 0 Å². The molecule has 5 saturated heterocycles. The summed E-state index contributed by atoms with van der Waals surface area (Å²) in [6.07, 6.45) is 12.3. The van der Waals surface area contributed by atoms with Gasteiger partial charge in [-0.25, -0.2) is 19.3 Å². The molecule has 380 valence electrons. The van der Waals surface area contributed by atoms with Crippen molar-refractivity contribution in [3.63, 3.8) is 0 Å². The predicted octanol–water partition coefficient (Wildman–Crippen LogP) is 7.08. The van der Waals surface area contributed by atoms with Gasteiger partial charge in [-0.3, -0.25) is 29.3 Å². The molecule has 7 aliphatic rings. The lowest BCUT2D eigenvalue weighted by atomic mass is 9.73. The number of nitrogens with zero attached hydrogens (tertiary/aromatic N) is 9. The predicted molar refractivity (Wildman–Crippen MR) is 275 cm³/mol. The lowest BCUT2D eigenvalue weighted by Crippen LogP contribution is -2.60. The van der Waals surface area contributed by atoms with Gasteiger partial charge in [0.05, 0.1) is 40.5 Å². The number of imide groups is 1. The van der Waals surface area contributed by atoms with E-state index in [-0.39, 0.29) is 65.2 Å². The van der Waals surface area contributed by atoms with Crippen LogP contribution >= 0.6 is 0 Å². The van der Waals surface area contributed by atoms with Crippen LogP contribution in [0.5, 0.6) is 0 Å². The first-order valence-corrected chi connectivity index (χ1v) is 26.7. The van der Waals surface area contributed by atoms with Crippen LogP contribution < -0.4 is 20.4 Å². The quantitative estimate of drug-likeness (QED) is 0.137. The van der Waals surface area contributed by atoms with Crippen molar-refractivity contribution in [3.05, 3.63) is 90.1 Å². The molecule has 1 atom stereocenters. The number of imidazole rings is 1. The van der Waals surface area contributed by atoms with Gasteiger partial charge < -0.3 is 34.4 Å². The summed E-state index contributed by atoms with van der Waals surface area (Å²) < 4.78 is 17.1. The molecule has 0 bridgehead atoms. The van der Waals surface area contributed by atoms with Gasteiger partial charge in [0.25, 0.3) is 0 Å². The maximum atomic E-state index is 15.2. The topological polar surface area (TPSA) is 169 Å². The molecule has 3 aromatic heterocycles. The number of piperidine rings is 4. The molecule has 2 aromatic carbocycles. The number of likely N-dealkylation sites (tertiary alicyclic amines) is 3. The Kier molecular flexibility index (Phi) is 12.3. The van der Waals surface area contributed by atoms with Gasteiger partial charge >= 0.3 is 0 Å². The van der Waals surface area contributed by atoms with Crippen molar-refractivity contribution in [2.75, 3.05) is 67.5 Å². The molecule has 9 heterocycles. The zero-order valence-corrected chi connectivity index (χ0v) is 41.8. The largest absolute Gasteiger partial charge is 0.357 e. The first kappa shape index (κ1) is 47.3. The van der Waals surface area contributed by atoms with Crippen LogP contribution in [0.25, 0.3) is 22.3 Å². The van der Waals surface area contributed by atoms with Gasteiger partial charge in [-0.05, 0) is 126 Å². The molecule has 12 rings (SSSR count). The van der Waals surface area contributed by atoms with Crippen LogP contribution in [0, 0.1) is 17.7 Å². The molecule has 2 N–H and O–H groups in total. The third-order valence-corrected chi connectivity index (χ3v) is 17.3. The van der Waals surface area contributed by atoms with Gasteiger partial charge in [-0.1, -0.05) is 36.8 Å². The number of hydrogen-bond acceptors (Lipinski definition) is 11. The van der Waals surface area contributed by atoms with Crippen molar-refractivity contribution in [2.24, 2.45) is 11.8 Å². The Morgan fingerprint density at radius 1 is 0.808 bits per heavy atom. The summed E-state index contributed by atoms with van der Waals surface area (Å²) in [4.78, 5) is 92.3. The van der Waals surface area contributed by atoms with Gasteiger partial charge in [0.1, 0.15) is 17.2 Å². The minimum absolute atomic E-state index is 0.0583. The number of hydrogen-bond donors (Lipinski definition) is 2. The molecule has 1 saturated carbocycles. The fourth-order valence-corrected chi connectivity index (χ4v) is 12.9. The summed E-state index contributed by atoms with van der Waals surface area (Å²) in [6, 6.07) is 19.3. The third-order valence-electron chi connectivity index (χ3n) is 17.3. The molecule has 6 aliphatic heterocycles. The van der Waals surface area contributed by atoms with E-state index >= 15 is 9.18 Å². The fraction of sp³-hybridized carbons (Fsp3) is 0.500. The second kappa shape index (κ2) is 18.9. The second-order valence-electron chi connectivity index (χ2n) is 21.9. The minimum atomic E-state index is -0.757. The molecule has 16 nitrogen and oxygen atoms in total. The molecule has 5 aromatic rings. The van der Waals surface area contributed by atoms with Gasteiger partial charge in [0.2, 0.25) is 29.5 Å². The molecule has 6 fully saturated rings. The number of aromatic nitrogens is 4. The number of carbonyl (C=O) groups excluding carboxylic acids is 5. The van der Waals surface area contributed by atoms with E-state index in [0.29, 0.717) is 101 Å². The number of pyridine rings is 2. The van der Waals surface area contributed by atoms with E-state index in [1.165, 1.54) is 25.3 Å². The van der Waals surface area contributed by atoms with Crippen molar-refractivity contribution >= 4 is 63.6 Å². The first-order chi connectivity index (χ1) is 35.4. The highest BCUT2D eigenvalue weighted by Gasteiger charge is 2.56.